The minimum absolute atomic E-state index is 0.306. The summed E-state index contributed by atoms with van der Waals surface area (Å²) in [6.45, 7) is 8.59. The van der Waals surface area contributed by atoms with Gasteiger partial charge in [-0.2, -0.15) is 10.1 Å². The van der Waals surface area contributed by atoms with E-state index in [0.29, 0.717) is 23.6 Å². The molecule has 0 radical (unpaired) electrons. The van der Waals surface area contributed by atoms with Gasteiger partial charge in [-0.15, -0.1) is 0 Å². The van der Waals surface area contributed by atoms with E-state index in [2.05, 4.69) is 54.0 Å². The monoisotopic (exact) mass is 485 g/mol. The molecule has 3 N–H and O–H groups in total. The first-order chi connectivity index (χ1) is 16.9. The zero-order valence-electron chi connectivity index (χ0n) is 20.1. The third kappa shape index (κ3) is 6.67. The molecule has 4 aromatic rings. The van der Waals surface area contributed by atoms with Crippen LogP contribution >= 0.6 is 12.2 Å². The average molecular weight is 486 g/mol. The van der Waals surface area contributed by atoms with Crippen molar-refractivity contribution in [1.29, 1.82) is 0 Å². The Hall–Kier alpha value is -4.18. The van der Waals surface area contributed by atoms with E-state index in [-0.39, 0.29) is 0 Å². The van der Waals surface area contributed by atoms with Crippen LogP contribution in [-0.2, 0) is 6.54 Å². The predicted molar refractivity (Wildman–Crippen MR) is 144 cm³/mol. The van der Waals surface area contributed by atoms with Crippen molar-refractivity contribution in [2.75, 3.05) is 16.0 Å². The fraction of sp³-hybridized carbons (Fsp3) is 0.200. The van der Waals surface area contributed by atoms with Crippen LogP contribution in [0.15, 0.2) is 66.2 Å². The molecule has 0 aliphatic heterocycles. The standard InChI is InChI=1S/C25H27N9S/c1-16-6-5-7-22(19(16)4)31-25(35)33-24(32-23-28-17(2)12-18(3)29-23)30-21-10-8-20(9-11-21)13-34-15-26-14-27-34/h5-12,14-15H,13H2,1-4H3,(H3,28,29,30,31,32,33,35). The van der Waals surface area contributed by atoms with Gasteiger partial charge in [0.2, 0.25) is 17.0 Å². The highest BCUT2D eigenvalue weighted by molar-refractivity contribution is 7.80. The van der Waals surface area contributed by atoms with Crippen LogP contribution in [0.1, 0.15) is 28.1 Å². The van der Waals surface area contributed by atoms with Crippen LogP contribution in [-0.4, -0.2) is 35.8 Å². The molecule has 2 aromatic carbocycles. The highest BCUT2D eigenvalue weighted by atomic mass is 32.1. The van der Waals surface area contributed by atoms with Crippen molar-refractivity contribution in [3.63, 3.8) is 0 Å². The van der Waals surface area contributed by atoms with Gasteiger partial charge in [0.15, 0.2) is 0 Å². The van der Waals surface area contributed by atoms with Crippen LogP contribution in [0, 0.1) is 27.7 Å². The third-order valence-electron chi connectivity index (χ3n) is 5.30. The lowest BCUT2D eigenvalue weighted by Crippen LogP contribution is -2.26. The second-order valence-electron chi connectivity index (χ2n) is 8.15. The van der Waals surface area contributed by atoms with E-state index in [1.807, 2.05) is 63.2 Å². The SMILES string of the molecule is Cc1cc(C)nc(N/C(=N/C(=S)Nc2cccc(C)c2C)Nc2ccc(Cn3cncn3)cc2)n1. The van der Waals surface area contributed by atoms with Crippen molar-refractivity contribution in [2.45, 2.75) is 34.2 Å². The van der Waals surface area contributed by atoms with Crippen LogP contribution in [0.5, 0.6) is 0 Å². The molecule has 0 saturated heterocycles. The Morgan fingerprint density at radius 2 is 1.69 bits per heavy atom. The molecule has 2 heterocycles. The summed E-state index contributed by atoms with van der Waals surface area (Å²) in [5.74, 6) is 0.841. The Bertz CT molecular complexity index is 1330. The maximum atomic E-state index is 5.55. The fourth-order valence-electron chi connectivity index (χ4n) is 3.44. The van der Waals surface area contributed by atoms with Gasteiger partial charge in [-0.25, -0.2) is 19.6 Å². The van der Waals surface area contributed by atoms with Crippen molar-refractivity contribution in [1.82, 2.24) is 24.7 Å². The Labute approximate surface area is 209 Å². The highest BCUT2D eigenvalue weighted by Crippen LogP contribution is 2.18. The summed E-state index contributed by atoms with van der Waals surface area (Å²) in [5, 5.41) is 14.1. The second kappa shape index (κ2) is 10.8. The molecule has 0 fully saturated rings. The Kier molecular flexibility index (Phi) is 7.41. The molecule has 35 heavy (non-hydrogen) atoms. The van der Waals surface area contributed by atoms with Crippen molar-refractivity contribution >= 4 is 40.6 Å². The summed E-state index contributed by atoms with van der Waals surface area (Å²) in [6, 6.07) is 15.9. The minimum atomic E-state index is 0.306. The van der Waals surface area contributed by atoms with E-state index >= 15 is 0 Å². The van der Waals surface area contributed by atoms with E-state index in [0.717, 1.165) is 33.9 Å². The molecule has 2 aromatic heterocycles. The molecule has 0 saturated carbocycles. The molecule has 4 rings (SSSR count). The number of guanidine groups is 1. The van der Waals surface area contributed by atoms with Gasteiger partial charge in [0.1, 0.15) is 12.7 Å². The van der Waals surface area contributed by atoms with Crippen molar-refractivity contribution in [3.05, 3.63) is 89.3 Å². The maximum absolute atomic E-state index is 5.55. The fourth-order valence-corrected chi connectivity index (χ4v) is 3.64. The molecule has 0 atom stereocenters. The molecule has 178 valence electrons. The average Bonchev–Trinajstić information content (AvgIpc) is 3.30. The summed E-state index contributed by atoms with van der Waals surface area (Å²) in [4.78, 5) is 17.5. The molecule has 10 heteroatoms. The van der Waals surface area contributed by atoms with Gasteiger partial charge in [0, 0.05) is 22.8 Å². The maximum Gasteiger partial charge on any atom is 0.229 e. The predicted octanol–water partition coefficient (Wildman–Crippen LogP) is 4.63. The summed E-state index contributed by atoms with van der Waals surface area (Å²) in [7, 11) is 0. The van der Waals surface area contributed by atoms with Crippen LogP contribution in [0.2, 0.25) is 0 Å². The van der Waals surface area contributed by atoms with E-state index in [4.69, 9.17) is 12.2 Å². The summed E-state index contributed by atoms with van der Waals surface area (Å²) in [5.41, 5.74) is 6.84. The molecular weight excluding hydrogens is 458 g/mol. The second-order valence-corrected chi connectivity index (χ2v) is 8.54. The van der Waals surface area contributed by atoms with Crippen LogP contribution in [0.4, 0.5) is 17.3 Å². The molecule has 0 unspecified atom stereocenters. The van der Waals surface area contributed by atoms with Gasteiger partial charge in [-0.1, -0.05) is 24.3 Å². The highest BCUT2D eigenvalue weighted by Gasteiger charge is 2.09. The first kappa shape index (κ1) is 24.0. The number of aryl methyl sites for hydroxylation is 3. The normalized spacial score (nSPS) is 11.3. The number of rotatable bonds is 5. The van der Waals surface area contributed by atoms with E-state index in [9.17, 15) is 0 Å². The van der Waals surface area contributed by atoms with Gasteiger partial charge in [0.05, 0.1) is 6.54 Å². The number of aliphatic imine (C=N–C) groups is 1. The van der Waals surface area contributed by atoms with Gasteiger partial charge < -0.3 is 10.6 Å². The van der Waals surface area contributed by atoms with Crippen LogP contribution in [0.3, 0.4) is 0 Å². The van der Waals surface area contributed by atoms with Crippen molar-refractivity contribution in [2.24, 2.45) is 4.99 Å². The lowest BCUT2D eigenvalue weighted by atomic mass is 10.1. The first-order valence-electron chi connectivity index (χ1n) is 11.1. The number of aromatic nitrogens is 5. The number of anilines is 3. The third-order valence-corrected chi connectivity index (χ3v) is 5.49. The van der Waals surface area contributed by atoms with Crippen molar-refractivity contribution < 1.29 is 0 Å². The zero-order chi connectivity index (χ0) is 24.8. The molecule has 0 spiro atoms. The number of benzene rings is 2. The molecule has 0 aliphatic rings. The summed E-state index contributed by atoms with van der Waals surface area (Å²) in [6.07, 6.45) is 3.21. The Balaban J connectivity index is 1.55. The number of thiocarbonyl (C=S) groups is 1. The van der Waals surface area contributed by atoms with Crippen LogP contribution < -0.4 is 16.0 Å². The smallest absolute Gasteiger partial charge is 0.229 e. The van der Waals surface area contributed by atoms with Crippen LogP contribution in [0.25, 0.3) is 0 Å². The van der Waals surface area contributed by atoms with Gasteiger partial charge >= 0.3 is 0 Å². The molecule has 0 bridgehead atoms. The Morgan fingerprint density at radius 3 is 2.37 bits per heavy atom. The lowest BCUT2D eigenvalue weighted by molar-refractivity contribution is 0.685. The number of hydrogen-bond donors (Lipinski definition) is 3. The Morgan fingerprint density at radius 1 is 0.943 bits per heavy atom. The first-order valence-corrected chi connectivity index (χ1v) is 11.5. The quantitative estimate of drug-likeness (QED) is 0.214. The summed E-state index contributed by atoms with van der Waals surface area (Å²) < 4.78 is 1.77. The zero-order valence-corrected chi connectivity index (χ0v) is 20.9. The number of nitrogens with one attached hydrogen (secondary N) is 3. The van der Waals surface area contributed by atoms with Crippen molar-refractivity contribution in [3.8, 4) is 0 Å². The minimum Gasteiger partial charge on any atom is -0.331 e. The topological polar surface area (TPSA) is 105 Å². The lowest BCUT2D eigenvalue weighted by Gasteiger charge is -2.14. The van der Waals surface area contributed by atoms with Gasteiger partial charge in [0.25, 0.3) is 0 Å². The molecule has 0 aliphatic carbocycles. The number of hydrogen-bond acceptors (Lipinski definition) is 5. The van der Waals surface area contributed by atoms with E-state index in [1.54, 1.807) is 11.0 Å². The van der Waals surface area contributed by atoms with E-state index in [1.165, 1.54) is 11.9 Å². The van der Waals surface area contributed by atoms with E-state index < -0.39 is 0 Å². The molecular formula is C25H27N9S. The van der Waals surface area contributed by atoms with Gasteiger partial charge in [-0.3, -0.25) is 5.32 Å². The summed E-state index contributed by atoms with van der Waals surface area (Å²) >= 11 is 5.55. The molecule has 9 nitrogen and oxygen atoms in total. The molecule has 0 amide bonds. The number of nitrogens with zero attached hydrogens (tertiary/aromatic N) is 6. The largest absolute Gasteiger partial charge is 0.331 e. The van der Waals surface area contributed by atoms with Gasteiger partial charge in [-0.05, 0) is 80.9 Å².